The van der Waals surface area contributed by atoms with Gasteiger partial charge in [-0.3, -0.25) is 4.79 Å². The van der Waals surface area contributed by atoms with Crippen molar-refractivity contribution >= 4 is 35.2 Å². The van der Waals surface area contributed by atoms with Gasteiger partial charge >= 0.3 is 12.1 Å². The van der Waals surface area contributed by atoms with Crippen molar-refractivity contribution in [1.29, 1.82) is 0 Å². The molecule has 0 aliphatic rings. The maximum absolute atomic E-state index is 12.8. The Morgan fingerprint density at radius 3 is 2.44 bits per heavy atom. The van der Waals surface area contributed by atoms with Gasteiger partial charge in [-0.25, -0.2) is 4.79 Å². The van der Waals surface area contributed by atoms with Gasteiger partial charge in [-0.15, -0.1) is 0 Å². The molecule has 2 aromatic carbocycles. The molecule has 0 radical (unpaired) electrons. The third-order valence-corrected chi connectivity index (χ3v) is 3.74. The number of benzene rings is 2. The number of nitrogens with one attached hydrogen (secondary N) is 1. The van der Waals surface area contributed by atoms with Crippen LogP contribution in [0.1, 0.15) is 18.1 Å². The number of ether oxygens (including phenoxy) is 1. The van der Waals surface area contributed by atoms with E-state index in [0.29, 0.717) is 5.69 Å². The Hall–Kier alpha value is -2.80. The molecule has 27 heavy (non-hydrogen) atoms. The van der Waals surface area contributed by atoms with Crippen LogP contribution in [0, 0.1) is 0 Å². The molecule has 1 atom stereocenters. The van der Waals surface area contributed by atoms with Crippen LogP contribution >= 0.6 is 11.6 Å². The summed E-state index contributed by atoms with van der Waals surface area (Å²) in [6.07, 6.45) is -3.60. The molecule has 0 heterocycles. The number of carbonyl (C=O) groups excluding carboxylic acids is 2. The van der Waals surface area contributed by atoms with Crippen LogP contribution in [0.15, 0.2) is 54.6 Å². The predicted molar refractivity (Wildman–Crippen MR) is 96.1 cm³/mol. The first kappa shape index (κ1) is 20.5. The van der Waals surface area contributed by atoms with Crippen molar-refractivity contribution in [3.63, 3.8) is 0 Å². The quantitative estimate of drug-likeness (QED) is 0.574. The molecule has 142 valence electrons. The lowest BCUT2D eigenvalue weighted by atomic mass is 10.1. The van der Waals surface area contributed by atoms with Crippen molar-refractivity contribution in [2.75, 3.05) is 5.32 Å². The maximum Gasteiger partial charge on any atom is 0.417 e. The van der Waals surface area contributed by atoms with Crippen LogP contribution in [0.5, 0.6) is 0 Å². The molecule has 0 aromatic heterocycles. The normalized spacial score (nSPS) is 12.6. The zero-order valence-corrected chi connectivity index (χ0v) is 14.8. The molecule has 1 N–H and O–H groups in total. The summed E-state index contributed by atoms with van der Waals surface area (Å²) in [4.78, 5) is 23.8. The highest BCUT2D eigenvalue weighted by Crippen LogP contribution is 2.35. The zero-order chi connectivity index (χ0) is 20.0. The van der Waals surface area contributed by atoms with Gasteiger partial charge in [0.15, 0.2) is 6.10 Å². The van der Waals surface area contributed by atoms with Crippen molar-refractivity contribution in [2.45, 2.75) is 19.2 Å². The lowest BCUT2D eigenvalue weighted by Gasteiger charge is -2.12. The summed E-state index contributed by atoms with van der Waals surface area (Å²) in [7, 11) is 0. The summed E-state index contributed by atoms with van der Waals surface area (Å²) >= 11 is 5.53. The lowest BCUT2D eigenvalue weighted by Crippen LogP contribution is -2.29. The number of esters is 1. The average Bonchev–Trinajstić information content (AvgIpc) is 2.60. The molecule has 0 spiro atoms. The van der Waals surface area contributed by atoms with Crippen molar-refractivity contribution in [1.82, 2.24) is 0 Å². The third kappa shape index (κ3) is 6.14. The van der Waals surface area contributed by atoms with Crippen molar-refractivity contribution in [3.05, 3.63) is 70.8 Å². The van der Waals surface area contributed by atoms with Crippen molar-refractivity contribution in [2.24, 2.45) is 0 Å². The molecule has 0 fully saturated rings. The Morgan fingerprint density at radius 1 is 1.15 bits per heavy atom. The van der Waals surface area contributed by atoms with Gasteiger partial charge in [0.05, 0.1) is 10.6 Å². The molecule has 0 bridgehead atoms. The van der Waals surface area contributed by atoms with E-state index in [0.717, 1.165) is 24.3 Å². The van der Waals surface area contributed by atoms with Gasteiger partial charge in [-0.1, -0.05) is 35.9 Å². The highest BCUT2D eigenvalue weighted by molar-refractivity contribution is 6.31. The molecule has 2 aromatic rings. The first-order chi connectivity index (χ1) is 12.7. The number of alkyl halides is 3. The number of hydrogen-bond donors (Lipinski definition) is 1. The molecule has 1 amide bonds. The lowest BCUT2D eigenvalue weighted by molar-refractivity contribution is -0.148. The number of rotatable bonds is 5. The molecule has 0 saturated heterocycles. The van der Waals surface area contributed by atoms with Gasteiger partial charge in [0.1, 0.15) is 0 Å². The Labute approximate surface area is 158 Å². The SMILES string of the molecule is C[C@@H](OC(=O)/C=C/c1ccc(Cl)c(C(F)(F)F)c1)C(=O)Nc1ccccc1. The third-order valence-electron chi connectivity index (χ3n) is 3.41. The Balaban J connectivity index is 1.97. The van der Waals surface area contributed by atoms with Crippen LogP contribution in [0.25, 0.3) is 6.08 Å². The number of amides is 1. The number of anilines is 1. The van der Waals surface area contributed by atoms with E-state index in [2.05, 4.69) is 5.32 Å². The largest absolute Gasteiger partial charge is 0.449 e. The Bertz CT molecular complexity index is 851. The maximum atomic E-state index is 12.8. The summed E-state index contributed by atoms with van der Waals surface area (Å²) in [5.41, 5.74) is -0.345. The number of para-hydroxylation sites is 1. The van der Waals surface area contributed by atoms with Gasteiger partial charge in [-0.05, 0) is 42.8 Å². The van der Waals surface area contributed by atoms with Crippen LogP contribution in [0.3, 0.4) is 0 Å². The van der Waals surface area contributed by atoms with Crippen LogP contribution < -0.4 is 5.32 Å². The first-order valence-corrected chi connectivity index (χ1v) is 8.16. The summed E-state index contributed by atoms with van der Waals surface area (Å²) < 4.78 is 43.4. The molecule has 0 aliphatic carbocycles. The molecule has 0 saturated carbocycles. The molecule has 8 heteroatoms. The Kier molecular flexibility index (Phi) is 6.63. The summed E-state index contributed by atoms with van der Waals surface area (Å²) in [5.74, 6) is -1.40. The first-order valence-electron chi connectivity index (χ1n) is 7.78. The monoisotopic (exact) mass is 397 g/mol. The predicted octanol–water partition coefficient (Wildman–Crippen LogP) is 4.94. The van der Waals surface area contributed by atoms with E-state index in [9.17, 15) is 22.8 Å². The summed E-state index contributed by atoms with van der Waals surface area (Å²) in [5, 5.41) is 2.13. The minimum atomic E-state index is -4.61. The van der Waals surface area contributed by atoms with Crippen LogP contribution in [-0.2, 0) is 20.5 Å². The summed E-state index contributed by atoms with van der Waals surface area (Å²) in [6.45, 7) is 1.38. The summed E-state index contributed by atoms with van der Waals surface area (Å²) in [6, 6.07) is 11.8. The second-order valence-electron chi connectivity index (χ2n) is 5.50. The van der Waals surface area contributed by atoms with Gasteiger partial charge < -0.3 is 10.1 Å². The minimum absolute atomic E-state index is 0.116. The van der Waals surface area contributed by atoms with E-state index in [1.54, 1.807) is 30.3 Å². The van der Waals surface area contributed by atoms with Crippen molar-refractivity contribution < 1.29 is 27.5 Å². The van der Waals surface area contributed by atoms with E-state index < -0.39 is 34.7 Å². The molecular weight excluding hydrogens is 383 g/mol. The fourth-order valence-corrected chi connectivity index (χ4v) is 2.29. The smallest absolute Gasteiger partial charge is 0.417 e. The number of carbonyl (C=O) groups is 2. The van der Waals surface area contributed by atoms with Gasteiger partial charge in [-0.2, -0.15) is 13.2 Å². The average molecular weight is 398 g/mol. The number of halogens is 4. The zero-order valence-electron chi connectivity index (χ0n) is 14.1. The van der Waals surface area contributed by atoms with E-state index >= 15 is 0 Å². The molecule has 0 unspecified atom stereocenters. The van der Waals surface area contributed by atoms with E-state index in [1.807, 2.05) is 0 Å². The van der Waals surface area contributed by atoms with Gasteiger partial charge in [0.25, 0.3) is 5.91 Å². The minimum Gasteiger partial charge on any atom is -0.449 e. The topological polar surface area (TPSA) is 55.4 Å². The standard InChI is InChI=1S/C19H15ClF3NO3/c1-12(18(26)24-14-5-3-2-4-6-14)27-17(25)10-8-13-7-9-16(20)15(11-13)19(21,22)23/h2-12H,1H3,(H,24,26)/b10-8+/t12-/m1/s1. The highest BCUT2D eigenvalue weighted by Gasteiger charge is 2.33. The van der Waals surface area contributed by atoms with E-state index in [1.165, 1.54) is 13.0 Å². The fourth-order valence-electron chi connectivity index (χ4n) is 2.06. The molecule has 0 aliphatic heterocycles. The molecule has 2 rings (SSSR count). The van der Waals surface area contributed by atoms with Gasteiger partial charge in [0, 0.05) is 11.8 Å². The number of hydrogen-bond acceptors (Lipinski definition) is 3. The Morgan fingerprint density at radius 2 is 1.81 bits per heavy atom. The second kappa shape index (κ2) is 8.73. The van der Waals surface area contributed by atoms with Crippen LogP contribution in [0.4, 0.5) is 18.9 Å². The van der Waals surface area contributed by atoms with E-state index in [-0.39, 0.29) is 5.56 Å². The van der Waals surface area contributed by atoms with E-state index in [4.69, 9.17) is 16.3 Å². The fraction of sp³-hybridized carbons (Fsp3) is 0.158. The van der Waals surface area contributed by atoms with Gasteiger partial charge in [0.2, 0.25) is 0 Å². The second-order valence-corrected chi connectivity index (χ2v) is 5.91. The molecular formula is C19H15ClF3NO3. The van der Waals surface area contributed by atoms with Crippen LogP contribution in [-0.4, -0.2) is 18.0 Å². The molecule has 4 nitrogen and oxygen atoms in total. The highest BCUT2D eigenvalue weighted by atomic mass is 35.5. The van der Waals surface area contributed by atoms with Crippen molar-refractivity contribution in [3.8, 4) is 0 Å². The van der Waals surface area contributed by atoms with Crippen LogP contribution in [0.2, 0.25) is 5.02 Å².